The average Bonchev–Trinajstić information content (AvgIpc) is 3.16. The van der Waals surface area contributed by atoms with Crippen molar-refractivity contribution < 1.29 is 19.4 Å². The first kappa shape index (κ1) is 20.4. The van der Waals surface area contributed by atoms with Crippen molar-refractivity contribution in [2.45, 2.75) is 31.8 Å². The Morgan fingerprint density at radius 3 is 2.73 bits per heavy atom. The number of amides is 1. The summed E-state index contributed by atoms with van der Waals surface area (Å²) in [6.45, 7) is 1.84. The highest BCUT2D eigenvalue weighted by Crippen LogP contribution is 2.42. The van der Waals surface area contributed by atoms with E-state index in [2.05, 4.69) is 10.3 Å². The topological polar surface area (TPSA) is 80.7 Å². The highest BCUT2D eigenvalue weighted by molar-refractivity contribution is 7.16. The fraction of sp³-hybridized carbons (Fsp3) is 0.304. The van der Waals surface area contributed by atoms with E-state index < -0.39 is 6.10 Å². The van der Waals surface area contributed by atoms with Crippen LogP contribution in [-0.2, 0) is 11.2 Å². The van der Waals surface area contributed by atoms with Crippen molar-refractivity contribution in [2.24, 2.45) is 0 Å². The number of aromatic nitrogens is 1. The zero-order valence-electron chi connectivity index (χ0n) is 16.9. The Morgan fingerprint density at radius 2 is 2.00 bits per heavy atom. The molecule has 2 atom stereocenters. The van der Waals surface area contributed by atoms with Gasteiger partial charge >= 0.3 is 0 Å². The first-order valence-electron chi connectivity index (χ1n) is 9.83. The molecular weight excluding hydrogens is 400 g/mol. The second-order valence-electron chi connectivity index (χ2n) is 7.36. The first-order valence-corrected chi connectivity index (χ1v) is 10.6. The van der Waals surface area contributed by atoms with Gasteiger partial charge in [0.25, 0.3) is 5.91 Å². The molecule has 6 nitrogen and oxygen atoms in total. The average molecular weight is 425 g/mol. The molecule has 1 aliphatic rings. The molecule has 0 fully saturated rings. The summed E-state index contributed by atoms with van der Waals surface area (Å²) in [5.41, 5.74) is 2.96. The molecule has 4 rings (SSSR count). The molecule has 2 N–H and O–H groups in total. The summed E-state index contributed by atoms with van der Waals surface area (Å²) in [4.78, 5) is 17.7. The summed E-state index contributed by atoms with van der Waals surface area (Å²) in [7, 11) is 1.64. The van der Waals surface area contributed by atoms with Crippen LogP contribution < -0.4 is 14.8 Å². The quantitative estimate of drug-likeness (QED) is 0.619. The van der Waals surface area contributed by atoms with E-state index in [-0.39, 0.29) is 18.4 Å². The number of para-hydroxylation sites is 1. The van der Waals surface area contributed by atoms with E-state index in [1.807, 2.05) is 55.5 Å². The van der Waals surface area contributed by atoms with Gasteiger partial charge in [-0.25, -0.2) is 4.98 Å². The summed E-state index contributed by atoms with van der Waals surface area (Å²) >= 11 is 1.33. The van der Waals surface area contributed by atoms with E-state index in [0.29, 0.717) is 17.3 Å². The van der Waals surface area contributed by atoms with E-state index >= 15 is 0 Å². The predicted octanol–water partition coefficient (Wildman–Crippen LogP) is 4.24. The lowest BCUT2D eigenvalue weighted by Crippen LogP contribution is -2.20. The summed E-state index contributed by atoms with van der Waals surface area (Å²) in [5, 5.41) is 13.9. The lowest BCUT2D eigenvalue weighted by molar-refractivity contribution is -0.118. The zero-order valence-corrected chi connectivity index (χ0v) is 17.7. The number of carbonyl (C=O) groups is 1. The van der Waals surface area contributed by atoms with Crippen LogP contribution in [0.15, 0.2) is 48.5 Å². The minimum Gasteiger partial charge on any atom is -0.497 e. The van der Waals surface area contributed by atoms with Gasteiger partial charge in [-0.1, -0.05) is 41.7 Å². The maximum atomic E-state index is 12.3. The van der Waals surface area contributed by atoms with Crippen molar-refractivity contribution in [3.8, 4) is 11.5 Å². The highest BCUT2D eigenvalue weighted by Gasteiger charge is 2.30. The van der Waals surface area contributed by atoms with Gasteiger partial charge in [-0.05, 0) is 55.0 Å². The molecule has 0 bridgehead atoms. The van der Waals surface area contributed by atoms with Crippen molar-refractivity contribution >= 4 is 22.4 Å². The van der Waals surface area contributed by atoms with Crippen molar-refractivity contribution in [3.05, 3.63) is 70.2 Å². The predicted molar refractivity (Wildman–Crippen MR) is 116 cm³/mol. The third kappa shape index (κ3) is 4.47. The van der Waals surface area contributed by atoms with E-state index in [1.165, 1.54) is 11.3 Å². The Labute approximate surface area is 179 Å². The minimum atomic E-state index is -0.591. The molecule has 2 aromatic carbocycles. The van der Waals surface area contributed by atoms with Crippen LogP contribution in [-0.4, -0.2) is 29.7 Å². The summed E-state index contributed by atoms with van der Waals surface area (Å²) in [5.74, 6) is 1.39. The third-order valence-electron chi connectivity index (χ3n) is 5.26. The van der Waals surface area contributed by atoms with E-state index in [4.69, 9.17) is 9.47 Å². The number of aryl methyl sites for hydroxylation is 1. The number of anilines is 1. The number of nitrogens with one attached hydrogen (secondary N) is 1. The molecule has 1 aliphatic carbocycles. The zero-order chi connectivity index (χ0) is 21.1. The second-order valence-corrected chi connectivity index (χ2v) is 8.39. The fourth-order valence-corrected chi connectivity index (χ4v) is 4.67. The third-order valence-corrected chi connectivity index (χ3v) is 6.38. The number of ether oxygens (including phenoxy) is 2. The molecule has 30 heavy (non-hydrogen) atoms. The number of thiazole rings is 1. The van der Waals surface area contributed by atoms with E-state index in [0.717, 1.165) is 33.9 Å². The summed E-state index contributed by atoms with van der Waals surface area (Å²) in [6, 6.07) is 15.5. The number of hydrogen-bond acceptors (Lipinski definition) is 6. The Hall–Kier alpha value is -2.90. The number of nitrogens with zero attached hydrogens (tertiary/aromatic N) is 1. The lowest BCUT2D eigenvalue weighted by Gasteiger charge is -2.25. The van der Waals surface area contributed by atoms with Crippen LogP contribution in [0.2, 0.25) is 0 Å². The summed E-state index contributed by atoms with van der Waals surface area (Å²) in [6.07, 6.45) is 0.767. The molecular formula is C23H24N2O4S. The molecule has 0 aliphatic heterocycles. The SMILES string of the molecule is COc1ccc(C2Cc3nc(NC(=O)COc4ccccc4C)sc3C(O)C2)cc1. The standard InChI is InChI=1S/C23H24N2O4S/c1-14-5-3-4-6-20(14)29-13-21(27)25-23-24-18-11-16(12-19(26)22(18)30-23)15-7-9-17(28-2)10-8-15/h3-10,16,19,26H,11-13H2,1-2H3,(H,24,25,27). The van der Waals surface area contributed by atoms with Gasteiger partial charge in [0.1, 0.15) is 11.5 Å². The van der Waals surface area contributed by atoms with Crippen LogP contribution in [0.3, 0.4) is 0 Å². The normalized spacial score (nSPS) is 17.8. The Kier molecular flexibility index (Phi) is 6.01. The number of aliphatic hydroxyl groups is 1. The molecule has 0 saturated heterocycles. The van der Waals surface area contributed by atoms with Gasteiger partial charge in [0, 0.05) is 0 Å². The number of methoxy groups -OCH3 is 1. The van der Waals surface area contributed by atoms with Gasteiger partial charge in [0.05, 0.1) is 23.8 Å². The van der Waals surface area contributed by atoms with Crippen LogP contribution in [0.5, 0.6) is 11.5 Å². The Bertz CT molecular complexity index is 1030. The molecule has 1 amide bonds. The molecule has 0 spiro atoms. The molecule has 1 aromatic heterocycles. The number of fused-ring (bicyclic) bond motifs is 1. The number of aliphatic hydroxyl groups excluding tert-OH is 1. The fourth-order valence-electron chi connectivity index (χ4n) is 3.66. The second kappa shape index (κ2) is 8.85. The van der Waals surface area contributed by atoms with Crippen molar-refractivity contribution in [1.82, 2.24) is 4.98 Å². The van der Waals surface area contributed by atoms with Crippen LogP contribution >= 0.6 is 11.3 Å². The summed E-state index contributed by atoms with van der Waals surface area (Å²) < 4.78 is 10.8. The molecule has 0 saturated carbocycles. The van der Waals surface area contributed by atoms with Gasteiger partial charge < -0.3 is 14.6 Å². The van der Waals surface area contributed by atoms with Crippen LogP contribution in [0, 0.1) is 6.92 Å². The van der Waals surface area contributed by atoms with Gasteiger partial charge in [-0.3, -0.25) is 10.1 Å². The van der Waals surface area contributed by atoms with E-state index in [9.17, 15) is 9.90 Å². The highest BCUT2D eigenvalue weighted by atomic mass is 32.1. The molecule has 2 unspecified atom stereocenters. The smallest absolute Gasteiger partial charge is 0.264 e. The Morgan fingerprint density at radius 1 is 1.23 bits per heavy atom. The Balaban J connectivity index is 1.40. The molecule has 7 heteroatoms. The number of benzene rings is 2. The van der Waals surface area contributed by atoms with Crippen molar-refractivity contribution in [3.63, 3.8) is 0 Å². The number of carbonyl (C=O) groups excluding carboxylic acids is 1. The van der Waals surface area contributed by atoms with Crippen molar-refractivity contribution in [2.75, 3.05) is 19.0 Å². The van der Waals surface area contributed by atoms with Crippen LogP contribution in [0.1, 0.15) is 40.1 Å². The van der Waals surface area contributed by atoms with Gasteiger partial charge in [-0.2, -0.15) is 0 Å². The maximum Gasteiger partial charge on any atom is 0.264 e. The van der Waals surface area contributed by atoms with Crippen molar-refractivity contribution in [1.29, 1.82) is 0 Å². The largest absolute Gasteiger partial charge is 0.497 e. The first-order chi connectivity index (χ1) is 14.5. The van der Waals surface area contributed by atoms with Gasteiger partial charge in [0.15, 0.2) is 11.7 Å². The van der Waals surface area contributed by atoms with E-state index in [1.54, 1.807) is 7.11 Å². The molecule has 3 aromatic rings. The monoisotopic (exact) mass is 424 g/mol. The lowest BCUT2D eigenvalue weighted by atomic mass is 9.84. The minimum absolute atomic E-state index is 0.0911. The van der Waals surface area contributed by atoms with Gasteiger partial charge in [0.2, 0.25) is 0 Å². The number of hydrogen-bond donors (Lipinski definition) is 2. The number of rotatable bonds is 6. The van der Waals surface area contributed by atoms with Crippen LogP contribution in [0.25, 0.3) is 0 Å². The van der Waals surface area contributed by atoms with Gasteiger partial charge in [-0.15, -0.1) is 0 Å². The maximum absolute atomic E-state index is 12.3. The molecule has 156 valence electrons. The van der Waals surface area contributed by atoms with Crippen LogP contribution in [0.4, 0.5) is 5.13 Å². The molecule has 1 heterocycles. The molecule has 0 radical (unpaired) electrons.